The fourth-order valence-electron chi connectivity index (χ4n) is 4.27. The van der Waals surface area contributed by atoms with E-state index < -0.39 is 0 Å². The molecule has 2 fully saturated rings. The topological polar surface area (TPSA) is 9.23 Å². The first-order chi connectivity index (χ1) is 8.72. The van der Waals surface area contributed by atoms with E-state index in [-0.39, 0.29) is 12.2 Å². The van der Waals surface area contributed by atoms with Crippen LogP contribution in [0.25, 0.3) is 0 Å². The highest BCUT2D eigenvalue weighted by Crippen LogP contribution is 2.52. The van der Waals surface area contributed by atoms with Crippen molar-refractivity contribution in [1.82, 2.24) is 0 Å². The van der Waals surface area contributed by atoms with Crippen LogP contribution in [0.5, 0.6) is 0 Å². The van der Waals surface area contributed by atoms with Crippen LogP contribution >= 0.6 is 11.6 Å². The Morgan fingerprint density at radius 3 is 2.58 bits per heavy atom. The van der Waals surface area contributed by atoms with Crippen LogP contribution in [0.1, 0.15) is 66.7 Å². The van der Waals surface area contributed by atoms with Gasteiger partial charge >= 0.3 is 6.92 Å². The molecule has 0 bridgehead atoms. The van der Waals surface area contributed by atoms with Gasteiger partial charge in [-0.05, 0) is 55.2 Å². The predicted molar refractivity (Wildman–Crippen MR) is 84.9 cm³/mol. The second-order valence-electron chi connectivity index (χ2n) is 8.38. The molecule has 3 atom stereocenters. The molecule has 19 heavy (non-hydrogen) atoms. The third-order valence-corrected chi connectivity index (χ3v) is 5.64. The number of rotatable bonds is 3. The summed E-state index contributed by atoms with van der Waals surface area (Å²) in [6.45, 7) is 12.0. The zero-order chi connectivity index (χ0) is 14.3. The van der Waals surface area contributed by atoms with Crippen molar-refractivity contribution in [2.75, 3.05) is 0 Å². The van der Waals surface area contributed by atoms with E-state index in [1.54, 1.807) is 0 Å². The lowest BCUT2D eigenvalue weighted by Gasteiger charge is -2.52. The van der Waals surface area contributed by atoms with E-state index in [1.807, 2.05) is 0 Å². The van der Waals surface area contributed by atoms with Crippen molar-refractivity contribution in [2.45, 2.75) is 84.4 Å². The van der Waals surface area contributed by atoms with Gasteiger partial charge in [-0.1, -0.05) is 34.6 Å². The molecule has 0 aromatic heterocycles. The first-order valence-electron chi connectivity index (χ1n) is 8.01. The lowest BCUT2D eigenvalue weighted by Crippen LogP contribution is -2.52. The van der Waals surface area contributed by atoms with Gasteiger partial charge in [-0.15, -0.1) is 11.6 Å². The first-order valence-corrected chi connectivity index (χ1v) is 8.45. The third-order valence-electron chi connectivity index (χ3n) is 5.18. The highest BCUT2D eigenvalue weighted by molar-refractivity contribution is 6.64. The molecule has 2 aliphatic rings. The predicted octanol–water partition coefficient (Wildman–Crippen LogP) is 5.18. The summed E-state index contributed by atoms with van der Waals surface area (Å²) in [4.78, 5) is 0. The van der Waals surface area contributed by atoms with Gasteiger partial charge in [0.2, 0.25) is 0 Å². The Hall–Kier alpha value is 0.315. The molecule has 0 aromatic carbocycles. The number of halogens is 1. The molecular formula is C16H30BClO. The molecule has 1 heterocycles. The monoisotopic (exact) mass is 284 g/mol. The molecule has 0 unspecified atom stereocenters. The van der Waals surface area contributed by atoms with E-state index in [9.17, 15) is 0 Å². The van der Waals surface area contributed by atoms with E-state index in [0.29, 0.717) is 22.9 Å². The Bertz CT molecular complexity index is 318. The molecule has 2 rings (SSSR count). The smallest absolute Gasteiger partial charge is 0.311 e. The normalized spacial score (nSPS) is 36.2. The number of fused-ring (bicyclic) bond motifs is 1. The minimum atomic E-state index is 0.194. The molecule has 110 valence electrons. The van der Waals surface area contributed by atoms with E-state index in [1.165, 1.54) is 25.7 Å². The lowest BCUT2D eigenvalue weighted by atomic mass is 9.49. The van der Waals surface area contributed by atoms with Gasteiger partial charge in [-0.3, -0.25) is 0 Å². The summed E-state index contributed by atoms with van der Waals surface area (Å²) in [6, 6.07) is 0. The Balaban J connectivity index is 1.98. The lowest BCUT2D eigenvalue weighted by molar-refractivity contribution is -0.0462. The summed E-state index contributed by atoms with van der Waals surface area (Å²) in [6.07, 6.45) is 7.74. The molecule has 0 amide bonds. The summed E-state index contributed by atoms with van der Waals surface area (Å²) < 4.78 is 6.42. The quantitative estimate of drug-likeness (QED) is 0.513. The zero-order valence-electron chi connectivity index (χ0n) is 13.3. The van der Waals surface area contributed by atoms with Crippen molar-refractivity contribution >= 4 is 18.5 Å². The fourth-order valence-corrected chi connectivity index (χ4v) is 4.81. The summed E-state index contributed by atoms with van der Waals surface area (Å²) >= 11 is 6.56. The van der Waals surface area contributed by atoms with Crippen molar-refractivity contribution in [3.63, 3.8) is 0 Å². The molecule has 1 aliphatic heterocycles. The van der Waals surface area contributed by atoms with Crippen molar-refractivity contribution in [2.24, 2.45) is 16.7 Å². The van der Waals surface area contributed by atoms with Crippen LogP contribution in [0.15, 0.2) is 0 Å². The zero-order valence-corrected chi connectivity index (χ0v) is 14.1. The van der Waals surface area contributed by atoms with Crippen LogP contribution in [0, 0.1) is 16.7 Å². The van der Waals surface area contributed by atoms with Crippen LogP contribution < -0.4 is 0 Å². The Morgan fingerprint density at radius 2 is 1.95 bits per heavy atom. The Kier molecular flexibility index (Phi) is 4.63. The molecule has 0 spiro atoms. The molecule has 1 saturated heterocycles. The van der Waals surface area contributed by atoms with Crippen LogP contribution in [0.3, 0.4) is 0 Å². The second kappa shape index (κ2) is 5.60. The largest absolute Gasteiger partial charge is 0.431 e. The minimum Gasteiger partial charge on any atom is -0.431 e. The molecular weight excluding hydrogens is 254 g/mol. The average Bonchev–Trinajstić information content (AvgIpc) is 2.25. The molecule has 1 aliphatic carbocycles. The maximum Gasteiger partial charge on any atom is 0.311 e. The van der Waals surface area contributed by atoms with E-state index in [0.717, 1.165) is 12.7 Å². The van der Waals surface area contributed by atoms with Crippen molar-refractivity contribution in [3.8, 4) is 0 Å². The van der Waals surface area contributed by atoms with Crippen LogP contribution in [0.2, 0.25) is 6.32 Å². The maximum atomic E-state index is 6.56. The average molecular weight is 285 g/mol. The first kappa shape index (κ1) is 15.7. The fraction of sp³-hybridized carbons (Fsp3) is 1.00. The van der Waals surface area contributed by atoms with Crippen molar-refractivity contribution in [1.29, 1.82) is 0 Å². The number of hydrogen-bond donors (Lipinski definition) is 0. The number of hydrogen-bond acceptors (Lipinski definition) is 1. The van der Waals surface area contributed by atoms with Gasteiger partial charge in [0.15, 0.2) is 0 Å². The van der Waals surface area contributed by atoms with E-state index in [2.05, 4.69) is 34.6 Å². The van der Waals surface area contributed by atoms with Crippen LogP contribution in [-0.4, -0.2) is 18.3 Å². The molecule has 0 N–H and O–H groups in total. The highest BCUT2D eigenvalue weighted by atomic mass is 35.5. The summed E-state index contributed by atoms with van der Waals surface area (Å²) in [7, 11) is 0. The van der Waals surface area contributed by atoms with Crippen molar-refractivity contribution < 1.29 is 4.65 Å². The van der Waals surface area contributed by atoms with Gasteiger partial charge < -0.3 is 4.65 Å². The SMILES string of the molecule is CC(C)C[C@@H](Cl)B1CC[C@@]2(C)CC(C)(C)CC[C@H]2O1. The van der Waals surface area contributed by atoms with Crippen molar-refractivity contribution in [3.05, 3.63) is 0 Å². The van der Waals surface area contributed by atoms with Gasteiger partial charge in [0.25, 0.3) is 0 Å². The molecule has 1 nitrogen and oxygen atoms in total. The summed E-state index contributed by atoms with van der Waals surface area (Å²) in [5.41, 5.74) is 0.867. The maximum absolute atomic E-state index is 6.56. The van der Waals surface area contributed by atoms with Gasteiger partial charge in [0, 0.05) is 11.4 Å². The van der Waals surface area contributed by atoms with E-state index in [4.69, 9.17) is 16.3 Å². The molecule has 0 radical (unpaired) electrons. The second-order valence-corrected chi connectivity index (χ2v) is 8.94. The van der Waals surface area contributed by atoms with Gasteiger partial charge in [0.05, 0.1) is 0 Å². The molecule has 0 aromatic rings. The van der Waals surface area contributed by atoms with Gasteiger partial charge in [-0.25, -0.2) is 0 Å². The standard InChI is InChI=1S/C16H30BClO/c1-12(2)10-14(18)17-9-8-16(5)11-15(3,4)7-6-13(16)19-17/h12-14H,6-11H2,1-5H3/t13-,14-,16+/m1/s1. The summed E-state index contributed by atoms with van der Waals surface area (Å²) in [5, 5.41) is 0.194. The van der Waals surface area contributed by atoms with Crippen LogP contribution in [0.4, 0.5) is 0 Å². The molecule has 1 saturated carbocycles. The van der Waals surface area contributed by atoms with Gasteiger partial charge in [0.1, 0.15) is 0 Å². The third kappa shape index (κ3) is 3.70. The molecule has 3 heteroatoms. The van der Waals surface area contributed by atoms with Gasteiger partial charge in [-0.2, -0.15) is 0 Å². The minimum absolute atomic E-state index is 0.194. The van der Waals surface area contributed by atoms with E-state index >= 15 is 0 Å². The van der Waals surface area contributed by atoms with Crippen LogP contribution in [-0.2, 0) is 4.65 Å². The Labute approximate surface area is 124 Å². The Morgan fingerprint density at radius 1 is 1.26 bits per heavy atom. The summed E-state index contributed by atoms with van der Waals surface area (Å²) in [5.74, 6) is 0.657. The number of alkyl halides is 1. The highest BCUT2D eigenvalue weighted by Gasteiger charge is 2.49.